The Balaban J connectivity index is 1.57. The molecule has 4 aromatic rings. The van der Waals surface area contributed by atoms with E-state index in [0.29, 0.717) is 27.7 Å². The van der Waals surface area contributed by atoms with Crippen molar-refractivity contribution in [2.75, 3.05) is 0 Å². The van der Waals surface area contributed by atoms with Crippen molar-refractivity contribution >= 4 is 22.7 Å². The van der Waals surface area contributed by atoms with Gasteiger partial charge in [0, 0.05) is 16.6 Å². The van der Waals surface area contributed by atoms with Gasteiger partial charge in [-0.1, -0.05) is 18.2 Å². The predicted octanol–water partition coefficient (Wildman–Crippen LogP) is 3.32. The zero-order valence-electron chi connectivity index (χ0n) is 17.0. The number of para-hydroxylation sites is 1. The molecule has 0 radical (unpaired) electrons. The van der Waals surface area contributed by atoms with Gasteiger partial charge in [-0.25, -0.2) is 9.37 Å². The van der Waals surface area contributed by atoms with Crippen molar-refractivity contribution in [3.8, 4) is 11.3 Å². The van der Waals surface area contributed by atoms with E-state index in [1.807, 2.05) is 26.0 Å². The molecule has 2 amide bonds. The molecule has 4 rings (SSSR count). The molecule has 2 aromatic carbocycles. The van der Waals surface area contributed by atoms with E-state index in [2.05, 4.69) is 20.9 Å². The summed E-state index contributed by atoms with van der Waals surface area (Å²) in [6.45, 7) is 3.68. The van der Waals surface area contributed by atoms with E-state index in [1.165, 1.54) is 12.1 Å². The Morgan fingerprint density at radius 1 is 1.00 bits per heavy atom. The lowest BCUT2D eigenvalue weighted by Gasteiger charge is -2.12. The van der Waals surface area contributed by atoms with Crippen LogP contribution in [-0.2, 0) is 11.3 Å². The number of aromatic nitrogens is 3. The van der Waals surface area contributed by atoms with Crippen molar-refractivity contribution in [1.29, 1.82) is 0 Å². The molecule has 0 aliphatic heterocycles. The number of pyridine rings is 1. The maximum absolute atomic E-state index is 13.3. The molecule has 8 heteroatoms. The third kappa shape index (κ3) is 4.42. The van der Waals surface area contributed by atoms with Crippen molar-refractivity contribution in [2.45, 2.75) is 20.4 Å². The summed E-state index contributed by atoms with van der Waals surface area (Å²) in [6.07, 6.45) is 0. The highest BCUT2D eigenvalue weighted by Crippen LogP contribution is 2.25. The van der Waals surface area contributed by atoms with Crippen LogP contribution in [0.5, 0.6) is 0 Å². The van der Waals surface area contributed by atoms with Gasteiger partial charge in [-0.2, -0.15) is 5.10 Å². The number of nitrogens with one attached hydrogen (secondary N) is 2. The van der Waals surface area contributed by atoms with E-state index in [-0.39, 0.29) is 12.4 Å². The molecule has 0 fully saturated rings. The average Bonchev–Trinajstić information content (AvgIpc) is 3.08. The molecule has 0 atom stereocenters. The number of rotatable bonds is 4. The number of amides is 2. The fraction of sp³-hybridized carbons (Fsp3) is 0.130. The Labute approximate surface area is 177 Å². The molecule has 0 spiro atoms. The third-order valence-electron chi connectivity index (χ3n) is 4.81. The maximum atomic E-state index is 13.3. The maximum Gasteiger partial charge on any atom is 0.270 e. The Morgan fingerprint density at radius 2 is 1.74 bits per heavy atom. The van der Waals surface area contributed by atoms with Crippen molar-refractivity contribution in [2.24, 2.45) is 0 Å². The molecule has 0 unspecified atom stereocenters. The summed E-state index contributed by atoms with van der Waals surface area (Å²) in [5.41, 5.74) is 8.71. The van der Waals surface area contributed by atoms with E-state index in [4.69, 9.17) is 0 Å². The van der Waals surface area contributed by atoms with E-state index in [1.54, 1.807) is 41.1 Å². The SMILES string of the molecule is Cc1cc(C)n(CC(=O)NNC(=O)c2cc(-c3ccc(F)cc3)nc3ccccc23)n1. The van der Waals surface area contributed by atoms with Crippen LogP contribution in [0.1, 0.15) is 21.7 Å². The second-order valence-electron chi connectivity index (χ2n) is 7.17. The molecule has 0 saturated carbocycles. The van der Waals surface area contributed by atoms with Crippen LogP contribution in [0.4, 0.5) is 4.39 Å². The molecule has 2 aromatic heterocycles. The summed E-state index contributed by atoms with van der Waals surface area (Å²) in [5.74, 6) is -1.24. The van der Waals surface area contributed by atoms with Gasteiger partial charge in [-0.15, -0.1) is 0 Å². The van der Waals surface area contributed by atoms with Gasteiger partial charge in [0.25, 0.3) is 11.8 Å². The Hall–Kier alpha value is -4.07. The second kappa shape index (κ2) is 8.35. The lowest BCUT2D eigenvalue weighted by molar-refractivity contribution is -0.122. The van der Waals surface area contributed by atoms with Gasteiger partial charge >= 0.3 is 0 Å². The summed E-state index contributed by atoms with van der Waals surface area (Å²) in [6, 6.07) is 16.6. The summed E-state index contributed by atoms with van der Waals surface area (Å²) < 4.78 is 14.9. The standard InChI is InChI=1S/C23H20FN5O2/c1-14-11-15(2)29(28-14)13-22(30)26-27-23(31)19-12-21(16-7-9-17(24)10-8-16)25-20-6-4-3-5-18(19)20/h3-12H,13H2,1-2H3,(H,26,30)(H,27,31). The first kappa shape index (κ1) is 20.2. The van der Waals surface area contributed by atoms with E-state index < -0.39 is 11.8 Å². The largest absolute Gasteiger partial charge is 0.271 e. The van der Waals surface area contributed by atoms with Crippen LogP contribution in [0.3, 0.4) is 0 Å². The van der Waals surface area contributed by atoms with Crippen molar-refractivity contribution in [3.63, 3.8) is 0 Å². The minimum Gasteiger partial charge on any atom is -0.271 e. The molecule has 31 heavy (non-hydrogen) atoms. The highest BCUT2D eigenvalue weighted by Gasteiger charge is 2.15. The lowest BCUT2D eigenvalue weighted by atomic mass is 10.0. The quantitative estimate of drug-likeness (QED) is 0.499. The molecule has 2 heterocycles. The number of carbonyl (C=O) groups excluding carboxylic acids is 2. The van der Waals surface area contributed by atoms with E-state index >= 15 is 0 Å². The zero-order valence-corrected chi connectivity index (χ0v) is 17.0. The minimum absolute atomic E-state index is 0.0160. The number of hydrazine groups is 1. The fourth-order valence-corrected chi connectivity index (χ4v) is 3.34. The number of benzene rings is 2. The molecular weight excluding hydrogens is 397 g/mol. The summed E-state index contributed by atoms with van der Waals surface area (Å²) in [7, 11) is 0. The zero-order chi connectivity index (χ0) is 22.0. The Morgan fingerprint density at radius 3 is 2.45 bits per heavy atom. The van der Waals surface area contributed by atoms with Gasteiger partial charge in [0.2, 0.25) is 0 Å². The number of nitrogens with zero attached hydrogens (tertiary/aromatic N) is 3. The molecule has 0 bridgehead atoms. The van der Waals surface area contributed by atoms with Gasteiger partial charge in [-0.05, 0) is 56.3 Å². The normalized spacial score (nSPS) is 10.8. The third-order valence-corrected chi connectivity index (χ3v) is 4.81. The topological polar surface area (TPSA) is 88.9 Å². The first-order chi connectivity index (χ1) is 14.9. The number of hydrogen-bond acceptors (Lipinski definition) is 4. The molecule has 0 aliphatic rings. The lowest BCUT2D eigenvalue weighted by Crippen LogP contribution is -2.43. The minimum atomic E-state index is -0.483. The molecule has 7 nitrogen and oxygen atoms in total. The van der Waals surface area contributed by atoms with Crippen LogP contribution in [0, 0.1) is 19.7 Å². The molecular formula is C23H20FN5O2. The molecule has 156 valence electrons. The number of carbonyl (C=O) groups is 2. The fourth-order valence-electron chi connectivity index (χ4n) is 3.34. The Bertz CT molecular complexity index is 1280. The summed E-state index contributed by atoms with van der Waals surface area (Å²) in [5, 5.41) is 4.87. The van der Waals surface area contributed by atoms with Gasteiger partial charge in [0.1, 0.15) is 12.4 Å². The van der Waals surface area contributed by atoms with E-state index in [9.17, 15) is 14.0 Å². The van der Waals surface area contributed by atoms with Crippen LogP contribution < -0.4 is 10.9 Å². The van der Waals surface area contributed by atoms with Crippen LogP contribution in [-0.4, -0.2) is 26.6 Å². The van der Waals surface area contributed by atoms with Crippen LogP contribution in [0.25, 0.3) is 22.2 Å². The van der Waals surface area contributed by atoms with Gasteiger partial charge in [0.15, 0.2) is 0 Å². The van der Waals surface area contributed by atoms with Gasteiger partial charge in [-0.3, -0.25) is 25.1 Å². The van der Waals surface area contributed by atoms with E-state index in [0.717, 1.165) is 11.4 Å². The smallest absolute Gasteiger partial charge is 0.270 e. The Kier molecular flexibility index (Phi) is 5.44. The van der Waals surface area contributed by atoms with Crippen LogP contribution in [0.2, 0.25) is 0 Å². The first-order valence-corrected chi connectivity index (χ1v) is 9.66. The number of halogens is 1. The first-order valence-electron chi connectivity index (χ1n) is 9.66. The van der Waals surface area contributed by atoms with Crippen molar-refractivity contribution < 1.29 is 14.0 Å². The highest BCUT2D eigenvalue weighted by atomic mass is 19.1. The van der Waals surface area contributed by atoms with Crippen molar-refractivity contribution in [1.82, 2.24) is 25.6 Å². The number of aryl methyl sites for hydroxylation is 2. The van der Waals surface area contributed by atoms with Gasteiger partial charge < -0.3 is 0 Å². The molecule has 0 aliphatic carbocycles. The van der Waals surface area contributed by atoms with Crippen LogP contribution in [0.15, 0.2) is 60.7 Å². The second-order valence-corrected chi connectivity index (χ2v) is 7.17. The summed E-state index contributed by atoms with van der Waals surface area (Å²) >= 11 is 0. The average molecular weight is 417 g/mol. The molecule has 2 N–H and O–H groups in total. The number of hydrogen-bond donors (Lipinski definition) is 2. The van der Waals surface area contributed by atoms with Crippen LogP contribution >= 0.6 is 0 Å². The van der Waals surface area contributed by atoms with Gasteiger partial charge in [0.05, 0.1) is 22.5 Å². The summed E-state index contributed by atoms with van der Waals surface area (Å²) in [4.78, 5) is 29.7. The highest BCUT2D eigenvalue weighted by molar-refractivity contribution is 6.07. The molecule has 0 saturated heterocycles. The van der Waals surface area contributed by atoms with Crippen molar-refractivity contribution in [3.05, 3.63) is 83.4 Å². The predicted molar refractivity (Wildman–Crippen MR) is 114 cm³/mol. The monoisotopic (exact) mass is 417 g/mol. The number of fused-ring (bicyclic) bond motifs is 1.